The maximum atomic E-state index is 12.9. The average molecular weight is 322 g/mol. The van der Waals surface area contributed by atoms with Crippen molar-refractivity contribution in [2.75, 3.05) is 5.32 Å². The van der Waals surface area contributed by atoms with E-state index in [1.807, 2.05) is 0 Å². The molecule has 0 atom stereocenters. The second-order valence-electron chi connectivity index (χ2n) is 4.41. The van der Waals surface area contributed by atoms with Crippen molar-refractivity contribution < 1.29 is 31.1 Å². The topological polar surface area (TPSA) is 41.5 Å². The third-order valence-corrected chi connectivity index (χ3v) is 2.72. The molecular weight excluding hydrogens is 314 g/mol. The van der Waals surface area contributed by atoms with Crippen molar-refractivity contribution in [2.24, 2.45) is 4.99 Å². The monoisotopic (exact) mass is 322 g/mol. The number of benzene rings is 1. The third-order valence-electron chi connectivity index (χ3n) is 2.72. The fourth-order valence-electron chi connectivity index (χ4n) is 1.75. The largest absolute Gasteiger partial charge is 0.454 e. The van der Waals surface area contributed by atoms with E-state index in [-0.39, 0.29) is 17.5 Å². The van der Waals surface area contributed by atoms with E-state index in [1.54, 1.807) is 0 Å². The van der Waals surface area contributed by atoms with Gasteiger partial charge in [0.1, 0.15) is 5.71 Å². The van der Waals surface area contributed by atoms with Gasteiger partial charge in [-0.25, -0.2) is 4.99 Å². The molecule has 0 aromatic heterocycles. The summed E-state index contributed by atoms with van der Waals surface area (Å²) in [4.78, 5) is 14.4. The van der Waals surface area contributed by atoms with E-state index >= 15 is 0 Å². The molecule has 0 amide bonds. The van der Waals surface area contributed by atoms with E-state index in [2.05, 4.69) is 10.3 Å². The summed E-state index contributed by atoms with van der Waals surface area (Å²) in [6.45, 7) is 0. The smallest absolute Gasteiger partial charge is 0.357 e. The first kappa shape index (κ1) is 16.1. The van der Waals surface area contributed by atoms with E-state index in [0.717, 1.165) is 0 Å². The minimum Gasteiger partial charge on any atom is -0.357 e. The average Bonchev–Trinajstić information content (AvgIpc) is 2.55. The Morgan fingerprint density at radius 1 is 1.14 bits per heavy atom. The Kier molecular flexibility index (Phi) is 3.99. The van der Waals surface area contributed by atoms with Gasteiger partial charge in [0.25, 0.3) is 5.78 Å². The van der Waals surface area contributed by atoms with Crippen molar-refractivity contribution >= 4 is 22.9 Å². The minimum absolute atomic E-state index is 0.0716. The summed E-state index contributed by atoms with van der Waals surface area (Å²) >= 11 is 0. The predicted molar refractivity (Wildman–Crippen MR) is 67.0 cm³/mol. The highest BCUT2D eigenvalue weighted by Gasteiger charge is 2.40. The van der Waals surface area contributed by atoms with Gasteiger partial charge in [0.2, 0.25) is 0 Å². The number of anilines is 1. The number of alkyl halides is 6. The number of ketones is 1. The number of hydrogen-bond donors (Lipinski definition) is 1. The van der Waals surface area contributed by atoms with Crippen LogP contribution in [0.25, 0.3) is 0 Å². The van der Waals surface area contributed by atoms with E-state index in [0.29, 0.717) is 0 Å². The number of aliphatic imine (C=N–C) groups is 1. The van der Waals surface area contributed by atoms with Gasteiger partial charge in [-0.2, -0.15) is 26.3 Å². The van der Waals surface area contributed by atoms with Gasteiger partial charge in [-0.15, -0.1) is 0 Å². The summed E-state index contributed by atoms with van der Waals surface area (Å²) in [5.41, 5.74) is -1.80. The van der Waals surface area contributed by atoms with Gasteiger partial charge >= 0.3 is 12.4 Å². The zero-order valence-electron chi connectivity index (χ0n) is 10.7. The molecule has 1 aromatic carbocycles. The van der Waals surface area contributed by atoms with Crippen LogP contribution in [0.5, 0.6) is 0 Å². The maximum absolute atomic E-state index is 12.9. The molecule has 0 fully saturated rings. The molecule has 0 aliphatic carbocycles. The molecular formula is C13H8F6N2O. The number of fused-ring (bicyclic) bond motifs is 1. The lowest BCUT2D eigenvalue weighted by atomic mass is 10.1. The lowest BCUT2D eigenvalue weighted by Crippen LogP contribution is -2.25. The first-order chi connectivity index (χ1) is 10.1. The van der Waals surface area contributed by atoms with E-state index in [4.69, 9.17) is 0 Å². The fourth-order valence-corrected chi connectivity index (χ4v) is 1.75. The SMILES string of the molecule is O=C(C=C1CC(C(F)(F)F)=Nc2ccccc2N1)C(F)(F)F. The van der Waals surface area contributed by atoms with Crippen LogP contribution in [0.1, 0.15) is 6.42 Å². The van der Waals surface area contributed by atoms with Crippen molar-refractivity contribution in [3.8, 4) is 0 Å². The second-order valence-corrected chi connectivity index (χ2v) is 4.41. The lowest BCUT2D eigenvalue weighted by molar-refractivity contribution is -0.165. The van der Waals surface area contributed by atoms with Gasteiger partial charge in [-0.1, -0.05) is 12.1 Å². The summed E-state index contributed by atoms with van der Waals surface area (Å²) in [5, 5.41) is 2.39. The van der Waals surface area contributed by atoms with Crippen LogP contribution in [-0.4, -0.2) is 23.8 Å². The van der Waals surface area contributed by atoms with Crippen LogP contribution in [0.3, 0.4) is 0 Å². The molecule has 2 rings (SSSR count). The van der Waals surface area contributed by atoms with Crippen LogP contribution in [0.15, 0.2) is 41.0 Å². The maximum Gasteiger partial charge on any atom is 0.454 e. The van der Waals surface area contributed by atoms with Gasteiger partial charge in [-0.05, 0) is 12.1 Å². The number of para-hydroxylation sites is 2. The zero-order chi connectivity index (χ0) is 16.5. The molecule has 1 heterocycles. The standard InChI is InChI=1S/C13H8F6N2O/c14-12(15,16)10-5-7(6-11(22)13(17,18)19)20-8-3-1-2-4-9(8)21-10/h1-4,6,20H,5H2. The van der Waals surface area contributed by atoms with Crippen LogP contribution in [0.4, 0.5) is 37.7 Å². The predicted octanol–water partition coefficient (Wildman–Crippen LogP) is 4.15. The van der Waals surface area contributed by atoms with Crippen molar-refractivity contribution in [1.29, 1.82) is 0 Å². The molecule has 22 heavy (non-hydrogen) atoms. The van der Waals surface area contributed by atoms with Gasteiger partial charge in [0, 0.05) is 18.2 Å². The van der Waals surface area contributed by atoms with Gasteiger partial charge in [-0.3, -0.25) is 4.79 Å². The molecule has 118 valence electrons. The van der Waals surface area contributed by atoms with Crippen molar-refractivity contribution in [2.45, 2.75) is 18.8 Å². The van der Waals surface area contributed by atoms with Crippen LogP contribution in [0, 0.1) is 0 Å². The molecule has 1 aliphatic heterocycles. The first-order valence-corrected chi connectivity index (χ1v) is 5.90. The Bertz CT molecular complexity index is 657. The molecule has 1 aromatic rings. The van der Waals surface area contributed by atoms with E-state index in [1.165, 1.54) is 24.3 Å². The normalized spacial score (nSPS) is 17.4. The van der Waals surface area contributed by atoms with Gasteiger partial charge in [0.15, 0.2) is 0 Å². The molecule has 0 spiro atoms. The number of hydrogen-bond acceptors (Lipinski definition) is 3. The Morgan fingerprint density at radius 3 is 2.36 bits per heavy atom. The molecule has 0 saturated carbocycles. The van der Waals surface area contributed by atoms with Crippen molar-refractivity contribution in [3.05, 3.63) is 36.0 Å². The van der Waals surface area contributed by atoms with E-state index < -0.39 is 36.0 Å². The number of halogens is 6. The number of carbonyl (C=O) groups is 1. The highest BCUT2D eigenvalue weighted by atomic mass is 19.4. The van der Waals surface area contributed by atoms with Gasteiger partial charge in [0.05, 0.1) is 11.4 Å². The third kappa shape index (κ3) is 3.66. The highest BCUT2D eigenvalue weighted by molar-refractivity contribution is 6.00. The van der Waals surface area contributed by atoms with E-state index in [9.17, 15) is 31.1 Å². The summed E-state index contributed by atoms with van der Waals surface area (Å²) in [5.74, 6) is -2.24. The summed E-state index contributed by atoms with van der Waals surface area (Å²) in [6, 6.07) is 5.55. The Hall–Kier alpha value is -2.32. The van der Waals surface area contributed by atoms with Gasteiger partial charge < -0.3 is 5.32 Å². The summed E-state index contributed by atoms with van der Waals surface area (Å²) in [7, 11) is 0. The molecule has 3 nitrogen and oxygen atoms in total. The second kappa shape index (κ2) is 5.47. The Balaban J connectivity index is 2.47. The molecule has 1 aliphatic rings. The lowest BCUT2D eigenvalue weighted by Gasteiger charge is -2.11. The summed E-state index contributed by atoms with van der Waals surface area (Å²) in [6.07, 6.45) is -10.8. The molecule has 0 radical (unpaired) electrons. The molecule has 0 saturated heterocycles. The number of rotatable bonds is 1. The van der Waals surface area contributed by atoms with Crippen molar-refractivity contribution in [1.82, 2.24) is 0 Å². The number of carbonyl (C=O) groups excluding carboxylic acids is 1. The van der Waals surface area contributed by atoms with Crippen LogP contribution >= 0.6 is 0 Å². The first-order valence-electron chi connectivity index (χ1n) is 5.90. The summed E-state index contributed by atoms with van der Waals surface area (Å²) < 4.78 is 75.4. The fraction of sp³-hybridized carbons (Fsp3) is 0.231. The number of nitrogens with zero attached hydrogens (tertiary/aromatic N) is 1. The molecule has 9 heteroatoms. The quantitative estimate of drug-likeness (QED) is 0.623. The number of nitrogens with one attached hydrogen (secondary N) is 1. The van der Waals surface area contributed by atoms with Crippen LogP contribution in [-0.2, 0) is 4.79 Å². The van der Waals surface area contributed by atoms with Crippen LogP contribution in [0.2, 0.25) is 0 Å². The molecule has 0 unspecified atom stereocenters. The Labute approximate surface area is 120 Å². The molecule has 0 bridgehead atoms. The highest BCUT2D eigenvalue weighted by Crippen LogP contribution is 2.34. The Morgan fingerprint density at radius 2 is 1.77 bits per heavy atom. The minimum atomic E-state index is -5.16. The molecule has 1 N–H and O–H groups in total. The van der Waals surface area contributed by atoms with Crippen LogP contribution < -0.4 is 5.32 Å². The number of allylic oxidation sites excluding steroid dienone is 2. The zero-order valence-corrected chi connectivity index (χ0v) is 10.7. The van der Waals surface area contributed by atoms with Crippen molar-refractivity contribution in [3.63, 3.8) is 0 Å².